The summed E-state index contributed by atoms with van der Waals surface area (Å²) in [6.45, 7) is 0. The van der Waals surface area contributed by atoms with Gasteiger partial charge in [0, 0.05) is 0 Å². The summed E-state index contributed by atoms with van der Waals surface area (Å²) in [5.74, 6) is -0.868. The van der Waals surface area contributed by atoms with E-state index in [9.17, 15) is 14.4 Å². The SMILES string of the molecule is COC(=O)CCC(=O)Oc1ccccc1C=O. The highest BCUT2D eigenvalue weighted by molar-refractivity contribution is 5.83. The second-order valence-corrected chi connectivity index (χ2v) is 3.21. The topological polar surface area (TPSA) is 69.7 Å². The average molecular weight is 236 g/mol. The van der Waals surface area contributed by atoms with Crippen molar-refractivity contribution in [1.29, 1.82) is 0 Å². The molecule has 0 atom stereocenters. The van der Waals surface area contributed by atoms with Gasteiger partial charge in [0.25, 0.3) is 0 Å². The molecule has 0 aliphatic rings. The molecule has 0 N–H and O–H groups in total. The molecule has 0 heterocycles. The fourth-order valence-electron chi connectivity index (χ4n) is 1.15. The third-order valence-electron chi connectivity index (χ3n) is 2.03. The van der Waals surface area contributed by atoms with E-state index in [0.29, 0.717) is 11.8 Å². The Labute approximate surface area is 98.3 Å². The van der Waals surface area contributed by atoms with E-state index in [0.717, 1.165) is 0 Å². The van der Waals surface area contributed by atoms with E-state index in [1.54, 1.807) is 12.1 Å². The molecular weight excluding hydrogens is 224 g/mol. The Morgan fingerprint density at radius 2 is 1.82 bits per heavy atom. The number of carbonyl (C=O) groups excluding carboxylic acids is 3. The van der Waals surface area contributed by atoms with Crippen molar-refractivity contribution in [2.24, 2.45) is 0 Å². The second kappa shape index (κ2) is 6.42. The lowest BCUT2D eigenvalue weighted by Crippen LogP contribution is -2.12. The van der Waals surface area contributed by atoms with Crippen LogP contribution in [0.25, 0.3) is 0 Å². The van der Waals surface area contributed by atoms with Crippen LogP contribution in [0.2, 0.25) is 0 Å². The summed E-state index contributed by atoms with van der Waals surface area (Å²) < 4.78 is 9.35. The van der Waals surface area contributed by atoms with Crippen LogP contribution in [0.1, 0.15) is 23.2 Å². The summed E-state index contributed by atoms with van der Waals surface area (Å²) in [5, 5.41) is 0. The highest BCUT2D eigenvalue weighted by Gasteiger charge is 2.11. The zero-order valence-corrected chi connectivity index (χ0v) is 9.34. The number of aldehydes is 1. The first kappa shape index (κ1) is 12.9. The predicted molar refractivity (Wildman–Crippen MR) is 58.7 cm³/mol. The van der Waals surface area contributed by atoms with E-state index in [4.69, 9.17) is 4.74 Å². The molecule has 0 saturated carbocycles. The summed E-state index contributed by atoms with van der Waals surface area (Å²) in [6.07, 6.45) is 0.474. The molecule has 1 aromatic rings. The van der Waals surface area contributed by atoms with E-state index in [1.165, 1.54) is 19.2 Å². The Bertz CT molecular complexity index is 425. The van der Waals surface area contributed by atoms with E-state index in [2.05, 4.69) is 4.74 Å². The molecular formula is C12H12O5. The number of esters is 2. The van der Waals surface area contributed by atoms with Crippen LogP contribution in [0.15, 0.2) is 24.3 Å². The van der Waals surface area contributed by atoms with Gasteiger partial charge in [-0.15, -0.1) is 0 Å². The number of hydrogen-bond donors (Lipinski definition) is 0. The van der Waals surface area contributed by atoms with Crippen LogP contribution in [0, 0.1) is 0 Å². The lowest BCUT2D eigenvalue weighted by atomic mass is 10.2. The second-order valence-electron chi connectivity index (χ2n) is 3.21. The predicted octanol–water partition coefficient (Wildman–Crippen LogP) is 1.36. The molecule has 0 spiro atoms. The van der Waals surface area contributed by atoms with Crippen molar-refractivity contribution in [1.82, 2.24) is 0 Å². The zero-order valence-electron chi connectivity index (χ0n) is 9.34. The first-order valence-electron chi connectivity index (χ1n) is 4.99. The van der Waals surface area contributed by atoms with Gasteiger partial charge in [0.05, 0.1) is 25.5 Å². The summed E-state index contributed by atoms with van der Waals surface area (Å²) in [7, 11) is 1.25. The average Bonchev–Trinajstić information content (AvgIpc) is 2.36. The summed E-state index contributed by atoms with van der Waals surface area (Å²) in [4.78, 5) is 32.8. The lowest BCUT2D eigenvalue weighted by Gasteiger charge is -2.05. The fourth-order valence-corrected chi connectivity index (χ4v) is 1.15. The molecule has 17 heavy (non-hydrogen) atoms. The molecule has 0 bridgehead atoms. The number of benzene rings is 1. The van der Waals surface area contributed by atoms with Crippen molar-refractivity contribution in [2.75, 3.05) is 7.11 Å². The highest BCUT2D eigenvalue weighted by Crippen LogP contribution is 2.16. The largest absolute Gasteiger partial charge is 0.469 e. The number of para-hydroxylation sites is 1. The van der Waals surface area contributed by atoms with Crippen LogP contribution in [0.4, 0.5) is 0 Å². The van der Waals surface area contributed by atoms with Crippen molar-refractivity contribution in [2.45, 2.75) is 12.8 Å². The monoisotopic (exact) mass is 236 g/mol. The van der Waals surface area contributed by atoms with Crippen molar-refractivity contribution < 1.29 is 23.9 Å². The molecule has 0 unspecified atom stereocenters. The number of rotatable bonds is 5. The zero-order chi connectivity index (χ0) is 12.7. The Hall–Kier alpha value is -2.17. The van der Waals surface area contributed by atoms with Gasteiger partial charge in [0.2, 0.25) is 0 Å². The maximum atomic E-state index is 11.4. The van der Waals surface area contributed by atoms with E-state index < -0.39 is 11.9 Å². The molecule has 0 fully saturated rings. The van der Waals surface area contributed by atoms with Gasteiger partial charge < -0.3 is 9.47 Å². The molecule has 5 nitrogen and oxygen atoms in total. The molecule has 1 aromatic carbocycles. The van der Waals surface area contributed by atoms with Gasteiger partial charge in [0.15, 0.2) is 6.29 Å². The van der Waals surface area contributed by atoms with Crippen molar-refractivity contribution in [3.63, 3.8) is 0 Å². The molecule has 0 saturated heterocycles. The van der Waals surface area contributed by atoms with Gasteiger partial charge in [-0.3, -0.25) is 14.4 Å². The number of hydrogen-bond acceptors (Lipinski definition) is 5. The number of ether oxygens (including phenoxy) is 2. The van der Waals surface area contributed by atoms with Crippen LogP contribution in [-0.4, -0.2) is 25.3 Å². The third-order valence-corrected chi connectivity index (χ3v) is 2.03. The van der Waals surface area contributed by atoms with Crippen molar-refractivity contribution in [3.05, 3.63) is 29.8 Å². The molecule has 0 amide bonds. The third kappa shape index (κ3) is 4.06. The van der Waals surface area contributed by atoms with Crippen LogP contribution in [0.5, 0.6) is 5.75 Å². The Morgan fingerprint density at radius 3 is 2.47 bits per heavy atom. The summed E-state index contributed by atoms with van der Waals surface area (Å²) in [5.41, 5.74) is 0.291. The summed E-state index contributed by atoms with van der Waals surface area (Å²) in [6, 6.07) is 6.36. The Balaban J connectivity index is 2.56. The minimum absolute atomic E-state index is 0.0431. The molecule has 0 aromatic heterocycles. The minimum atomic E-state index is -0.579. The van der Waals surface area contributed by atoms with Crippen LogP contribution in [-0.2, 0) is 14.3 Å². The van der Waals surface area contributed by atoms with Crippen LogP contribution >= 0.6 is 0 Å². The number of methoxy groups -OCH3 is 1. The van der Waals surface area contributed by atoms with Gasteiger partial charge in [0.1, 0.15) is 5.75 Å². The van der Waals surface area contributed by atoms with E-state index >= 15 is 0 Å². The van der Waals surface area contributed by atoms with E-state index in [1.807, 2.05) is 0 Å². The van der Waals surface area contributed by atoms with Crippen LogP contribution in [0.3, 0.4) is 0 Å². The van der Waals surface area contributed by atoms with Crippen molar-refractivity contribution in [3.8, 4) is 5.75 Å². The molecule has 5 heteroatoms. The van der Waals surface area contributed by atoms with Gasteiger partial charge in [-0.1, -0.05) is 12.1 Å². The summed E-state index contributed by atoms with van der Waals surface area (Å²) >= 11 is 0. The fraction of sp³-hybridized carbons (Fsp3) is 0.250. The van der Waals surface area contributed by atoms with E-state index in [-0.39, 0.29) is 18.6 Å². The quantitative estimate of drug-likeness (QED) is 0.438. The molecule has 0 aliphatic carbocycles. The lowest BCUT2D eigenvalue weighted by molar-refractivity contribution is -0.144. The van der Waals surface area contributed by atoms with Gasteiger partial charge in [-0.05, 0) is 12.1 Å². The molecule has 90 valence electrons. The smallest absolute Gasteiger partial charge is 0.311 e. The van der Waals surface area contributed by atoms with Gasteiger partial charge >= 0.3 is 11.9 Å². The maximum absolute atomic E-state index is 11.4. The normalized spacial score (nSPS) is 9.47. The molecule has 0 aliphatic heterocycles. The highest BCUT2D eigenvalue weighted by atomic mass is 16.5. The Morgan fingerprint density at radius 1 is 1.18 bits per heavy atom. The first-order chi connectivity index (χ1) is 8.17. The molecule has 0 radical (unpaired) electrons. The Kier molecular flexibility index (Phi) is 4.87. The maximum Gasteiger partial charge on any atom is 0.311 e. The molecule has 1 rings (SSSR count). The minimum Gasteiger partial charge on any atom is -0.469 e. The number of carbonyl (C=O) groups is 3. The van der Waals surface area contributed by atoms with Gasteiger partial charge in [-0.2, -0.15) is 0 Å². The van der Waals surface area contributed by atoms with Crippen LogP contribution < -0.4 is 4.74 Å². The van der Waals surface area contributed by atoms with Gasteiger partial charge in [-0.25, -0.2) is 0 Å². The van der Waals surface area contributed by atoms with Crippen molar-refractivity contribution >= 4 is 18.2 Å². The standard InChI is InChI=1S/C12H12O5/c1-16-11(14)6-7-12(15)17-10-5-3-2-4-9(10)8-13/h2-5,8H,6-7H2,1H3. The first-order valence-corrected chi connectivity index (χ1v) is 4.99.